The summed E-state index contributed by atoms with van der Waals surface area (Å²) in [5.74, 6) is -0.831. The number of ether oxygens (including phenoxy) is 1. The van der Waals surface area contributed by atoms with Crippen LogP contribution >= 0.6 is 0 Å². The maximum absolute atomic E-state index is 12.5. The average Bonchev–Trinajstić information content (AvgIpc) is 3.13. The average molecular weight is 445 g/mol. The molecule has 1 aliphatic rings. The van der Waals surface area contributed by atoms with Gasteiger partial charge >= 0.3 is 5.97 Å². The van der Waals surface area contributed by atoms with Crippen LogP contribution in [0.2, 0.25) is 0 Å². The van der Waals surface area contributed by atoms with Crippen molar-refractivity contribution in [1.82, 2.24) is 0 Å². The number of Topliss-reactive ketones (excluding diaryl/α,β-unsaturated/α-hetero) is 1. The van der Waals surface area contributed by atoms with E-state index < -0.39 is 22.1 Å². The second-order valence-corrected chi connectivity index (χ2v) is 9.19. The maximum atomic E-state index is 12.5. The third-order valence-electron chi connectivity index (χ3n) is 4.82. The van der Waals surface area contributed by atoms with Gasteiger partial charge in [-0.15, -0.1) is 0 Å². The Kier molecular flexibility index (Phi) is 6.74. The van der Waals surface area contributed by atoms with Crippen molar-refractivity contribution in [3.05, 3.63) is 59.7 Å². The molecule has 0 bridgehead atoms. The molecule has 1 aliphatic heterocycles. The number of esters is 1. The van der Waals surface area contributed by atoms with Gasteiger partial charge in [0.25, 0.3) is 0 Å². The lowest BCUT2D eigenvalue weighted by Gasteiger charge is -2.16. The van der Waals surface area contributed by atoms with E-state index in [0.717, 1.165) is 23.9 Å². The monoisotopic (exact) mass is 444 g/mol. The van der Waals surface area contributed by atoms with Crippen LogP contribution in [0.25, 0.3) is 0 Å². The minimum Gasteiger partial charge on any atom is -0.454 e. The molecule has 0 aromatic heterocycles. The van der Waals surface area contributed by atoms with Gasteiger partial charge in [-0.05, 0) is 55.3 Å². The SMILES string of the molecule is C[C@H](OC(=O)Cc1ccc(N2CCCC2=O)cc1)C(=O)c1ccc(NS(C)(=O)=O)cc1. The lowest BCUT2D eigenvalue weighted by atomic mass is 10.1. The molecule has 31 heavy (non-hydrogen) atoms. The number of carbonyl (C=O) groups is 3. The third-order valence-corrected chi connectivity index (χ3v) is 5.43. The van der Waals surface area contributed by atoms with Gasteiger partial charge in [0.05, 0.1) is 12.7 Å². The Bertz CT molecular complexity index is 1080. The number of ketones is 1. The molecule has 1 amide bonds. The van der Waals surface area contributed by atoms with Crippen LogP contribution in [0.1, 0.15) is 35.7 Å². The molecule has 2 aromatic carbocycles. The van der Waals surface area contributed by atoms with E-state index >= 15 is 0 Å². The van der Waals surface area contributed by atoms with E-state index in [1.165, 1.54) is 31.2 Å². The van der Waals surface area contributed by atoms with Crippen LogP contribution in [0.5, 0.6) is 0 Å². The molecule has 1 heterocycles. The highest BCUT2D eigenvalue weighted by atomic mass is 32.2. The Morgan fingerprint density at radius 3 is 2.29 bits per heavy atom. The molecule has 0 radical (unpaired) electrons. The van der Waals surface area contributed by atoms with Crippen molar-refractivity contribution in [2.75, 3.05) is 22.4 Å². The van der Waals surface area contributed by atoms with Gasteiger partial charge in [0.2, 0.25) is 21.7 Å². The quantitative estimate of drug-likeness (QED) is 0.495. The predicted octanol–water partition coefficient (Wildman–Crippen LogP) is 2.54. The van der Waals surface area contributed by atoms with Crippen LogP contribution in [0.15, 0.2) is 48.5 Å². The minimum atomic E-state index is -3.41. The summed E-state index contributed by atoms with van der Waals surface area (Å²) in [6, 6.07) is 13.0. The van der Waals surface area contributed by atoms with Gasteiger partial charge in [-0.3, -0.25) is 19.1 Å². The number of benzene rings is 2. The number of hydrogen-bond acceptors (Lipinski definition) is 6. The molecule has 8 nitrogen and oxygen atoms in total. The summed E-state index contributed by atoms with van der Waals surface area (Å²) in [7, 11) is -3.41. The molecule has 0 spiro atoms. The van der Waals surface area contributed by atoms with Gasteiger partial charge in [-0.1, -0.05) is 12.1 Å². The minimum absolute atomic E-state index is 0.00304. The lowest BCUT2D eigenvalue weighted by molar-refractivity contribution is -0.145. The zero-order valence-corrected chi connectivity index (χ0v) is 18.1. The second kappa shape index (κ2) is 9.30. The molecular weight excluding hydrogens is 420 g/mol. The largest absolute Gasteiger partial charge is 0.454 e. The fourth-order valence-corrected chi connectivity index (χ4v) is 3.89. The van der Waals surface area contributed by atoms with Crippen LogP contribution in [0.4, 0.5) is 11.4 Å². The fourth-order valence-electron chi connectivity index (χ4n) is 3.33. The number of nitrogens with one attached hydrogen (secondary N) is 1. The van der Waals surface area contributed by atoms with E-state index in [1.54, 1.807) is 29.2 Å². The van der Waals surface area contributed by atoms with Crippen molar-refractivity contribution >= 4 is 39.1 Å². The lowest BCUT2D eigenvalue weighted by Crippen LogP contribution is -2.25. The molecule has 1 atom stereocenters. The Balaban J connectivity index is 1.55. The van der Waals surface area contributed by atoms with E-state index in [2.05, 4.69) is 4.72 Å². The highest BCUT2D eigenvalue weighted by Gasteiger charge is 2.22. The Hall–Kier alpha value is -3.20. The van der Waals surface area contributed by atoms with Crippen molar-refractivity contribution in [2.45, 2.75) is 32.3 Å². The number of anilines is 2. The van der Waals surface area contributed by atoms with Crippen molar-refractivity contribution in [2.24, 2.45) is 0 Å². The molecule has 1 fully saturated rings. The van der Waals surface area contributed by atoms with Crippen LogP contribution < -0.4 is 9.62 Å². The molecule has 164 valence electrons. The summed E-state index contributed by atoms with van der Waals surface area (Å²) in [6.45, 7) is 2.19. The molecule has 2 aromatic rings. The predicted molar refractivity (Wildman–Crippen MR) is 117 cm³/mol. The molecule has 9 heteroatoms. The van der Waals surface area contributed by atoms with E-state index in [-0.39, 0.29) is 18.1 Å². The molecule has 3 rings (SSSR count). The molecule has 0 saturated carbocycles. The molecular formula is C22H24N2O6S. The van der Waals surface area contributed by atoms with Gasteiger partial charge in [0, 0.05) is 29.9 Å². The standard InChI is InChI=1S/C22H24N2O6S/c1-15(22(27)17-7-9-18(10-8-17)23-31(2,28)29)30-21(26)14-16-5-11-19(12-6-16)24-13-3-4-20(24)25/h5-12,15,23H,3-4,13-14H2,1-2H3/t15-/m0/s1. The fraction of sp³-hybridized carbons (Fsp3) is 0.318. The first-order chi connectivity index (χ1) is 14.6. The molecule has 1 N–H and O–H groups in total. The topological polar surface area (TPSA) is 110 Å². The van der Waals surface area contributed by atoms with Crippen molar-refractivity contribution < 1.29 is 27.5 Å². The first kappa shape index (κ1) is 22.5. The van der Waals surface area contributed by atoms with Crippen LogP contribution in [0.3, 0.4) is 0 Å². The summed E-state index contributed by atoms with van der Waals surface area (Å²) in [4.78, 5) is 38.3. The highest BCUT2D eigenvalue weighted by Crippen LogP contribution is 2.22. The van der Waals surface area contributed by atoms with E-state index in [4.69, 9.17) is 4.74 Å². The van der Waals surface area contributed by atoms with Crippen LogP contribution in [-0.2, 0) is 30.8 Å². The molecule has 0 unspecified atom stereocenters. The third kappa shape index (κ3) is 6.14. The molecule has 1 saturated heterocycles. The summed E-state index contributed by atoms with van der Waals surface area (Å²) in [5, 5.41) is 0. The smallest absolute Gasteiger partial charge is 0.310 e. The Labute approximate surface area is 181 Å². The Morgan fingerprint density at radius 2 is 1.74 bits per heavy atom. The van der Waals surface area contributed by atoms with E-state index in [9.17, 15) is 22.8 Å². The highest BCUT2D eigenvalue weighted by molar-refractivity contribution is 7.92. The van der Waals surface area contributed by atoms with Gasteiger partial charge < -0.3 is 9.64 Å². The van der Waals surface area contributed by atoms with Crippen LogP contribution in [-0.4, -0.2) is 45.0 Å². The first-order valence-corrected chi connectivity index (χ1v) is 11.7. The van der Waals surface area contributed by atoms with Crippen molar-refractivity contribution in [1.29, 1.82) is 0 Å². The van der Waals surface area contributed by atoms with Gasteiger partial charge in [-0.25, -0.2) is 8.42 Å². The Morgan fingerprint density at radius 1 is 1.10 bits per heavy atom. The zero-order chi connectivity index (χ0) is 22.6. The number of nitrogens with zero attached hydrogens (tertiary/aromatic N) is 1. The molecule has 0 aliphatic carbocycles. The number of sulfonamides is 1. The van der Waals surface area contributed by atoms with Gasteiger partial charge in [0.15, 0.2) is 6.10 Å². The number of rotatable bonds is 8. The van der Waals surface area contributed by atoms with Gasteiger partial charge in [-0.2, -0.15) is 0 Å². The van der Waals surface area contributed by atoms with E-state index in [1.807, 2.05) is 0 Å². The van der Waals surface area contributed by atoms with E-state index in [0.29, 0.717) is 24.2 Å². The van der Waals surface area contributed by atoms with Crippen molar-refractivity contribution in [3.63, 3.8) is 0 Å². The zero-order valence-electron chi connectivity index (χ0n) is 17.3. The van der Waals surface area contributed by atoms with Gasteiger partial charge in [0.1, 0.15) is 0 Å². The summed E-state index contributed by atoms with van der Waals surface area (Å²) >= 11 is 0. The second-order valence-electron chi connectivity index (χ2n) is 7.44. The summed E-state index contributed by atoms with van der Waals surface area (Å²) in [5.41, 5.74) is 2.16. The number of carbonyl (C=O) groups excluding carboxylic acids is 3. The number of hydrogen-bond donors (Lipinski definition) is 1. The summed E-state index contributed by atoms with van der Waals surface area (Å²) in [6.07, 6.45) is 1.45. The summed E-state index contributed by atoms with van der Waals surface area (Å²) < 4.78 is 30.1. The first-order valence-electron chi connectivity index (χ1n) is 9.83. The van der Waals surface area contributed by atoms with Crippen LogP contribution in [0, 0.1) is 0 Å². The van der Waals surface area contributed by atoms with Crippen molar-refractivity contribution in [3.8, 4) is 0 Å². The maximum Gasteiger partial charge on any atom is 0.310 e. The number of amides is 1. The normalized spacial score (nSPS) is 14.9.